The standard InChI is InChI=1S/C26H29N5O3/c1-3-34-25(33)20-5-4-16-31(17-20)23-12-10-22(11-13-23)29-26-27-15-14-24(30-26)19-6-8-21(9-7-19)28-18(2)32/h6-15,20H,3-5,16-17H2,1-2H3,(H,28,32)(H,27,29,30). The van der Waals surface area contributed by atoms with Crippen LogP contribution in [0.3, 0.4) is 0 Å². The quantitative estimate of drug-likeness (QED) is 0.498. The van der Waals surface area contributed by atoms with Crippen molar-refractivity contribution in [3.63, 3.8) is 0 Å². The van der Waals surface area contributed by atoms with Crippen LogP contribution < -0.4 is 15.5 Å². The second kappa shape index (κ2) is 10.8. The van der Waals surface area contributed by atoms with E-state index in [4.69, 9.17) is 4.74 Å². The molecule has 34 heavy (non-hydrogen) atoms. The molecule has 2 heterocycles. The molecule has 176 valence electrons. The fourth-order valence-electron chi connectivity index (χ4n) is 4.06. The van der Waals surface area contributed by atoms with Crippen LogP contribution in [0.2, 0.25) is 0 Å². The van der Waals surface area contributed by atoms with Crippen LogP contribution >= 0.6 is 0 Å². The first kappa shape index (κ1) is 23.2. The Kier molecular flexibility index (Phi) is 7.37. The van der Waals surface area contributed by atoms with Crippen molar-refractivity contribution < 1.29 is 14.3 Å². The first-order chi connectivity index (χ1) is 16.5. The van der Waals surface area contributed by atoms with Gasteiger partial charge in [-0.15, -0.1) is 0 Å². The number of nitrogens with one attached hydrogen (secondary N) is 2. The topological polar surface area (TPSA) is 96.5 Å². The molecule has 1 aromatic heterocycles. The third-order valence-electron chi connectivity index (χ3n) is 5.69. The lowest BCUT2D eigenvalue weighted by atomic mass is 9.97. The number of aromatic nitrogens is 2. The van der Waals surface area contributed by atoms with Gasteiger partial charge in [0.05, 0.1) is 18.2 Å². The minimum Gasteiger partial charge on any atom is -0.466 e. The number of hydrogen-bond donors (Lipinski definition) is 2. The molecule has 1 saturated heterocycles. The molecule has 0 aliphatic carbocycles. The van der Waals surface area contributed by atoms with Crippen LogP contribution in [-0.2, 0) is 14.3 Å². The summed E-state index contributed by atoms with van der Waals surface area (Å²) >= 11 is 0. The van der Waals surface area contributed by atoms with Gasteiger partial charge >= 0.3 is 5.97 Å². The number of carbonyl (C=O) groups is 2. The van der Waals surface area contributed by atoms with Gasteiger partial charge in [0.2, 0.25) is 11.9 Å². The summed E-state index contributed by atoms with van der Waals surface area (Å²) in [6.45, 7) is 5.34. The Labute approximate surface area is 199 Å². The van der Waals surface area contributed by atoms with E-state index in [1.165, 1.54) is 6.92 Å². The minimum atomic E-state index is -0.105. The molecule has 0 spiro atoms. The molecule has 1 aliphatic rings. The molecule has 1 atom stereocenters. The van der Waals surface area contributed by atoms with Gasteiger partial charge in [-0.2, -0.15) is 0 Å². The monoisotopic (exact) mass is 459 g/mol. The lowest BCUT2D eigenvalue weighted by Gasteiger charge is -2.33. The first-order valence-electron chi connectivity index (χ1n) is 11.5. The lowest BCUT2D eigenvalue weighted by Crippen LogP contribution is -2.39. The highest BCUT2D eigenvalue weighted by atomic mass is 16.5. The smallest absolute Gasteiger partial charge is 0.310 e. The van der Waals surface area contributed by atoms with Gasteiger partial charge < -0.3 is 20.3 Å². The molecular formula is C26H29N5O3. The summed E-state index contributed by atoms with van der Waals surface area (Å²) in [5, 5.41) is 6.01. The van der Waals surface area contributed by atoms with Crippen molar-refractivity contribution in [2.24, 2.45) is 5.92 Å². The molecule has 0 saturated carbocycles. The van der Waals surface area contributed by atoms with Crippen LogP contribution in [0.4, 0.5) is 23.0 Å². The molecule has 0 bridgehead atoms. The molecule has 8 heteroatoms. The predicted molar refractivity (Wildman–Crippen MR) is 133 cm³/mol. The zero-order valence-electron chi connectivity index (χ0n) is 19.5. The number of ether oxygens (including phenoxy) is 1. The second-order valence-electron chi connectivity index (χ2n) is 8.23. The molecule has 1 aliphatic heterocycles. The van der Waals surface area contributed by atoms with E-state index in [-0.39, 0.29) is 17.8 Å². The Morgan fingerprint density at radius 1 is 1.06 bits per heavy atom. The fourth-order valence-corrected chi connectivity index (χ4v) is 4.06. The van der Waals surface area contributed by atoms with E-state index in [1.54, 1.807) is 6.20 Å². The molecule has 3 aromatic rings. The fraction of sp³-hybridized carbons (Fsp3) is 0.308. The Morgan fingerprint density at radius 3 is 2.50 bits per heavy atom. The second-order valence-corrected chi connectivity index (χ2v) is 8.23. The van der Waals surface area contributed by atoms with Crippen LogP contribution in [0, 0.1) is 5.92 Å². The van der Waals surface area contributed by atoms with Gasteiger partial charge in [0.15, 0.2) is 0 Å². The minimum absolute atomic E-state index is 0.0741. The van der Waals surface area contributed by atoms with Crippen LogP contribution in [0.25, 0.3) is 11.3 Å². The molecular weight excluding hydrogens is 430 g/mol. The van der Waals surface area contributed by atoms with E-state index in [0.29, 0.717) is 19.1 Å². The van der Waals surface area contributed by atoms with Crippen molar-refractivity contribution in [3.8, 4) is 11.3 Å². The number of amides is 1. The van der Waals surface area contributed by atoms with Crippen LogP contribution in [0.5, 0.6) is 0 Å². The van der Waals surface area contributed by atoms with E-state index in [0.717, 1.165) is 47.7 Å². The van der Waals surface area contributed by atoms with Crippen molar-refractivity contribution in [3.05, 3.63) is 60.8 Å². The summed E-state index contributed by atoms with van der Waals surface area (Å²) in [5.41, 5.74) is 4.40. The largest absolute Gasteiger partial charge is 0.466 e. The number of rotatable bonds is 7. The van der Waals surface area contributed by atoms with Gasteiger partial charge in [-0.25, -0.2) is 9.97 Å². The van der Waals surface area contributed by atoms with Crippen molar-refractivity contribution in [1.82, 2.24) is 9.97 Å². The first-order valence-corrected chi connectivity index (χ1v) is 11.5. The molecule has 2 aromatic carbocycles. The number of esters is 1. The number of benzene rings is 2. The lowest BCUT2D eigenvalue weighted by molar-refractivity contribution is -0.148. The predicted octanol–water partition coefficient (Wildman–Crippen LogP) is 4.63. The van der Waals surface area contributed by atoms with Gasteiger partial charge in [-0.05, 0) is 62.2 Å². The highest BCUT2D eigenvalue weighted by Gasteiger charge is 2.26. The Hall–Kier alpha value is -3.94. The van der Waals surface area contributed by atoms with E-state index < -0.39 is 0 Å². The average Bonchev–Trinajstić information content (AvgIpc) is 2.85. The zero-order valence-corrected chi connectivity index (χ0v) is 19.5. The number of anilines is 4. The van der Waals surface area contributed by atoms with Crippen LogP contribution in [-0.4, -0.2) is 41.5 Å². The van der Waals surface area contributed by atoms with Gasteiger partial charge in [0, 0.05) is 48.8 Å². The Morgan fingerprint density at radius 2 is 1.79 bits per heavy atom. The van der Waals surface area contributed by atoms with E-state index in [1.807, 2.05) is 61.5 Å². The Balaban J connectivity index is 1.41. The maximum Gasteiger partial charge on any atom is 0.310 e. The third-order valence-corrected chi connectivity index (χ3v) is 5.69. The summed E-state index contributed by atoms with van der Waals surface area (Å²) in [6, 6.07) is 17.4. The van der Waals surface area contributed by atoms with E-state index >= 15 is 0 Å². The molecule has 1 amide bonds. The molecule has 8 nitrogen and oxygen atoms in total. The highest BCUT2D eigenvalue weighted by molar-refractivity contribution is 5.88. The molecule has 1 unspecified atom stereocenters. The summed E-state index contributed by atoms with van der Waals surface area (Å²) in [5.74, 6) is 0.213. The Bertz CT molecular complexity index is 1130. The van der Waals surface area contributed by atoms with Gasteiger partial charge in [0.1, 0.15) is 0 Å². The normalized spacial score (nSPS) is 15.5. The van der Waals surface area contributed by atoms with Gasteiger partial charge in [-0.3, -0.25) is 9.59 Å². The summed E-state index contributed by atoms with van der Waals surface area (Å²) in [4.78, 5) is 34.5. The maximum absolute atomic E-state index is 12.1. The average molecular weight is 460 g/mol. The van der Waals surface area contributed by atoms with E-state index in [2.05, 4.69) is 25.5 Å². The zero-order chi connectivity index (χ0) is 23.9. The molecule has 0 radical (unpaired) electrons. The number of nitrogens with zero attached hydrogens (tertiary/aromatic N) is 3. The summed E-state index contributed by atoms with van der Waals surface area (Å²) in [7, 11) is 0. The van der Waals surface area contributed by atoms with Gasteiger partial charge in [0.25, 0.3) is 0 Å². The molecule has 2 N–H and O–H groups in total. The summed E-state index contributed by atoms with van der Waals surface area (Å²) in [6.07, 6.45) is 3.55. The number of hydrogen-bond acceptors (Lipinski definition) is 7. The van der Waals surface area contributed by atoms with Crippen molar-refractivity contribution >= 4 is 34.9 Å². The number of piperidine rings is 1. The van der Waals surface area contributed by atoms with Crippen molar-refractivity contribution in [2.45, 2.75) is 26.7 Å². The number of carbonyl (C=O) groups excluding carboxylic acids is 2. The maximum atomic E-state index is 12.1. The SMILES string of the molecule is CCOC(=O)C1CCCN(c2ccc(Nc3nccc(-c4ccc(NC(C)=O)cc4)n3)cc2)C1. The highest BCUT2D eigenvalue weighted by Crippen LogP contribution is 2.26. The molecule has 1 fully saturated rings. The van der Waals surface area contributed by atoms with Crippen molar-refractivity contribution in [2.75, 3.05) is 35.2 Å². The molecule has 4 rings (SSSR count). The van der Waals surface area contributed by atoms with E-state index in [9.17, 15) is 9.59 Å². The van der Waals surface area contributed by atoms with Crippen molar-refractivity contribution in [1.29, 1.82) is 0 Å². The third kappa shape index (κ3) is 5.89. The summed E-state index contributed by atoms with van der Waals surface area (Å²) < 4.78 is 5.21. The van der Waals surface area contributed by atoms with Crippen LogP contribution in [0.15, 0.2) is 60.8 Å². The van der Waals surface area contributed by atoms with Gasteiger partial charge in [-0.1, -0.05) is 12.1 Å². The van der Waals surface area contributed by atoms with Crippen LogP contribution in [0.1, 0.15) is 26.7 Å².